The molecular formula is C24H20F3N5O4. The fourth-order valence-corrected chi connectivity index (χ4v) is 3.24. The number of methoxy groups -OCH3 is 1. The molecule has 0 radical (unpaired) electrons. The number of benzene rings is 2. The van der Waals surface area contributed by atoms with E-state index in [4.69, 9.17) is 19.6 Å². The molecule has 0 fully saturated rings. The first-order valence-electron chi connectivity index (χ1n) is 10.3. The monoisotopic (exact) mass is 499 g/mol. The van der Waals surface area contributed by atoms with Gasteiger partial charge in [-0.05, 0) is 43.7 Å². The number of nitrogens with zero attached hydrogens (tertiary/aromatic N) is 4. The van der Waals surface area contributed by atoms with E-state index >= 15 is 0 Å². The molecule has 12 heteroatoms. The van der Waals surface area contributed by atoms with Gasteiger partial charge in [0.05, 0.1) is 24.5 Å². The van der Waals surface area contributed by atoms with Crippen LogP contribution in [-0.4, -0.2) is 36.0 Å². The lowest BCUT2D eigenvalue weighted by atomic mass is 10.1. The summed E-state index contributed by atoms with van der Waals surface area (Å²) >= 11 is 0. The average molecular weight is 499 g/mol. The molecule has 0 saturated heterocycles. The van der Waals surface area contributed by atoms with Crippen molar-refractivity contribution < 1.29 is 32.3 Å². The van der Waals surface area contributed by atoms with Gasteiger partial charge in [0.15, 0.2) is 17.2 Å². The van der Waals surface area contributed by atoms with Crippen molar-refractivity contribution in [3.8, 4) is 23.4 Å². The molecule has 1 N–H and O–H groups in total. The minimum atomic E-state index is -4.86. The standard InChI is InChI=1S/C24H20F3N5O4/c1-13-20(22(33)29-17-7-5-6-16(11-17)14(2)32-35-4)23(31-30-21(13)24(25,26)27)36-18-9-8-15(12-28)10-19(18)34-3/h5-11H,1-4H3,(H,29,33)/b32-14+. The number of alkyl halides is 3. The van der Waals surface area contributed by atoms with Gasteiger partial charge >= 0.3 is 6.18 Å². The summed E-state index contributed by atoms with van der Waals surface area (Å²) in [6.45, 7) is 2.79. The van der Waals surface area contributed by atoms with E-state index in [1.54, 1.807) is 31.2 Å². The third kappa shape index (κ3) is 5.69. The van der Waals surface area contributed by atoms with Crippen LogP contribution in [0.3, 0.4) is 0 Å². The fraction of sp³-hybridized carbons (Fsp3) is 0.208. The number of nitriles is 1. The summed E-state index contributed by atoms with van der Waals surface area (Å²) in [4.78, 5) is 18.0. The molecular weight excluding hydrogens is 479 g/mol. The van der Waals surface area contributed by atoms with Gasteiger partial charge in [0.25, 0.3) is 11.8 Å². The number of amides is 1. The molecule has 0 saturated carbocycles. The number of nitrogens with one attached hydrogen (secondary N) is 1. The van der Waals surface area contributed by atoms with Crippen molar-refractivity contribution in [3.05, 3.63) is 70.4 Å². The average Bonchev–Trinajstić information content (AvgIpc) is 2.83. The zero-order chi connectivity index (χ0) is 26.5. The largest absolute Gasteiger partial charge is 0.493 e. The molecule has 0 unspecified atom stereocenters. The lowest BCUT2D eigenvalue weighted by Gasteiger charge is -2.17. The van der Waals surface area contributed by atoms with Crippen LogP contribution in [0.4, 0.5) is 18.9 Å². The number of rotatable bonds is 7. The molecule has 36 heavy (non-hydrogen) atoms. The minimum absolute atomic E-state index is 0.0207. The quantitative estimate of drug-likeness (QED) is 0.355. The third-order valence-corrected chi connectivity index (χ3v) is 4.95. The van der Waals surface area contributed by atoms with E-state index in [2.05, 4.69) is 20.7 Å². The summed E-state index contributed by atoms with van der Waals surface area (Å²) in [5.74, 6) is -1.25. The summed E-state index contributed by atoms with van der Waals surface area (Å²) in [7, 11) is 2.71. The molecule has 3 aromatic rings. The maximum Gasteiger partial charge on any atom is 0.435 e. The Hall–Kier alpha value is -4.66. The van der Waals surface area contributed by atoms with E-state index in [1.165, 1.54) is 32.4 Å². The summed E-state index contributed by atoms with van der Waals surface area (Å²) < 4.78 is 51.5. The normalized spacial score (nSPS) is 11.4. The number of anilines is 1. The molecule has 0 aliphatic carbocycles. The Bertz CT molecular complexity index is 1370. The number of hydrogen-bond donors (Lipinski definition) is 1. The van der Waals surface area contributed by atoms with Crippen LogP contribution in [0.5, 0.6) is 17.4 Å². The number of oxime groups is 1. The first-order valence-corrected chi connectivity index (χ1v) is 10.3. The van der Waals surface area contributed by atoms with Crippen LogP contribution in [0.15, 0.2) is 47.6 Å². The van der Waals surface area contributed by atoms with Crippen LogP contribution in [0.25, 0.3) is 0 Å². The summed E-state index contributed by atoms with van der Waals surface area (Å²) in [5.41, 5.74) is -0.597. The van der Waals surface area contributed by atoms with Gasteiger partial charge in [-0.2, -0.15) is 18.4 Å². The Balaban J connectivity index is 2.07. The van der Waals surface area contributed by atoms with Crippen molar-refractivity contribution >= 4 is 17.3 Å². The van der Waals surface area contributed by atoms with E-state index in [1.807, 2.05) is 6.07 Å². The maximum atomic E-state index is 13.5. The Labute approximate surface area is 204 Å². The number of aromatic nitrogens is 2. The Morgan fingerprint density at radius 1 is 1.11 bits per heavy atom. The van der Waals surface area contributed by atoms with Gasteiger partial charge in [-0.25, -0.2) is 0 Å². The summed E-state index contributed by atoms with van der Waals surface area (Å²) in [5, 5.41) is 22.3. The molecule has 3 rings (SSSR count). The first-order chi connectivity index (χ1) is 17.1. The summed E-state index contributed by atoms with van der Waals surface area (Å²) in [6.07, 6.45) is -4.86. The van der Waals surface area contributed by atoms with E-state index in [-0.39, 0.29) is 22.7 Å². The van der Waals surface area contributed by atoms with Crippen LogP contribution in [0.1, 0.15) is 39.7 Å². The summed E-state index contributed by atoms with van der Waals surface area (Å²) in [6, 6.07) is 12.6. The third-order valence-electron chi connectivity index (χ3n) is 4.95. The smallest absolute Gasteiger partial charge is 0.435 e. The van der Waals surface area contributed by atoms with Crippen molar-refractivity contribution in [2.75, 3.05) is 19.5 Å². The molecule has 0 aliphatic heterocycles. The van der Waals surface area contributed by atoms with E-state index in [9.17, 15) is 18.0 Å². The Morgan fingerprint density at radius 3 is 2.50 bits per heavy atom. The highest BCUT2D eigenvalue weighted by Crippen LogP contribution is 2.37. The molecule has 1 aromatic heterocycles. The highest BCUT2D eigenvalue weighted by Gasteiger charge is 2.38. The van der Waals surface area contributed by atoms with Crippen molar-refractivity contribution in [3.63, 3.8) is 0 Å². The molecule has 186 valence electrons. The predicted octanol–water partition coefficient (Wildman–Crippen LogP) is 5.10. The van der Waals surface area contributed by atoms with Gasteiger partial charge in [-0.15, -0.1) is 10.2 Å². The highest BCUT2D eigenvalue weighted by atomic mass is 19.4. The number of hydrogen-bond acceptors (Lipinski definition) is 8. The van der Waals surface area contributed by atoms with Gasteiger partial charge in [0.1, 0.15) is 12.7 Å². The van der Waals surface area contributed by atoms with Gasteiger partial charge in [-0.1, -0.05) is 17.3 Å². The van der Waals surface area contributed by atoms with E-state index in [0.717, 1.165) is 6.92 Å². The Morgan fingerprint density at radius 2 is 1.86 bits per heavy atom. The lowest BCUT2D eigenvalue weighted by molar-refractivity contribution is -0.142. The van der Waals surface area contributed by atoms with E-state index in [0.29, 0.717) is 11.3 Å². The van der Waals surface area contributed by atoms with Crippen molar-refractivity contribution in [1.29, 1.82) is 5.26 Å². The van der Waals surface area contributed by atoms with Crippen LogP contribution >= 0.6 is 0 Å². The van der Waals surface area contributed by atoms with Gasteiger partial charge in [0.2, 0.25) is 0 Å². The van der Waals surface area contributed by atoms with Crippen LogP contribution < -0.4 is 14.8 Å². The van der Waals surface area contributed by atoms with Crippen molar-refractivity contribution in [2.24, 2.45) is 5.16 Å². The Kier molecular flexibility index (Phi) is 7.73. The fourth-order valence-electron chi connectivity index (χ4n) is 3.24. The molecule has 1 heterocycles. The molecule has 0 aliphatic rings. The second-order valence-corrected chi connectivity index (χ2v) is 7.33. The molecule has 0 spiro atoms. The second kappa shape index (κ2) is 10.7. The topological polar surface area (TPSA) is 119 Å². The van der Waals surface area contributed by atoms with Crippen LogP contribution in [-0.2, 0) is 11.0 Å². The predicted molar refractivity (Wildman–Crippen MR) is 123 cm³/mol. The zero-order valence-electron chi connectivity index (χ0n) is 19.6. The van der Waals surface area contributed by atoms with Gasteiger partial charge in [-0.3, -0.25) is 4.79 Å². The molecule has 0 atom stereocenters. The van der Waals surface area contributed by atoms with Crippen molar-refractivity contribution in [1.82, 2.24) is 10.2 Å². The maximum absolute atomic E-state index is 13.5. The minimum Gasteiger partial charge on any atom is -0.493 e. The number of carbonyl (C=O) groups excluding carboxylic acids is 1. The van der Waals surface area contributed by atoms with Crippen molar-refractivity contribution in [2.45, 2.75) is 20.0 Å². The molecule has 2 aromatic carbocycles. The van der Waals surface area contributed by atoms with Crippen LogP contribution in [0.2, 0.25) is 0 Å². The lowest BCUT2D eigenvalue weighted by Crippen LogP contribution is -2.21. The van der Waals surface area contributed by atoms with Gasteiger partial charge < -0.3 is 19.6 Å². The van der Waals surface area contributed by atoms with Gasteiger partial charge in [0, 0.05) is 17.3 Å². The second-order valence-electron chi connectivity index (χ2n) is 7.33. The number of carbonyl (C=O) groups is 1. The molecule has 9 nitrogen and oxygen atoms in total. The first kappa shape index (κ1) is 26.0. The SMILES string of the molecule is CO/N=C(\C)c1cccc(NC(=O)c2c(Oc3ccc(C#N)cc3OC)nnc(C(F)(F)F)c2C)c1. The molecule has 0 bridgehead atoms. The highest BCUT2D eigenvalue weighted by molar-refractivity contribution is 6.08. The zero-order valence-corrected chi connectivity index (χ0v) is 19.6. The van der Waals surface area contributed by atoms with Crippen LogP contribution in [0, 0.1) is 18.3 Å². The number of halogens is 3. The van der Waals surface area contributed by atoms with E-state index < -0.39 is 34.8 Å². The molecule has 1 amide bonds. The number of ether oxygens (including phenoxy) is 2.